The Bertz CT molecular complexity index is 864. The first-order chi connectivity index (χ1) is 12.2. The molecule has 1 amide bonds. The quantitative estimate of drug-likeness (QED) is 0.691. The van der Waals surface area contributed by atoms with Crippen molar-refractivity contribution in [2.45, 2.75) is 6.61 Å². The van der Waals surface area contributed by atoms with E-state index in [0.29, 0.717) is 21.6 Å². The van der Waals surface area contributed by atoms with Crippen LogP contribution in [0.1, 0.15) is 14.8 Å². The number of ether oxygens (including phenoxy) is 2. The second kappa shape index (κ2) is 7.51. The topological polar surface area (TPSA) is 111 Å². The Morgan fingerprint density at radius 1 is 1.08 bits per heavy atom. The molecule has 0 unspecified atom stereocenters. The minimum atomic E-state index is -0.424. The minimum Gasteiger partial charge on any atom is -0.497 e. The lowest BCUT2D eigenvalue weighted by Gasteiger charge is -2.18. The zero-order valence-corrected chi connectivity index (χ0v) is 14.9. The summed E-state index contributed by atoms with van der Waals surface area (Å²) in [5, 5.41) is 25.8. The molecule has 1 N–H and O–H groups in total. The van der Waals surface area contributed by atoms with E-state index in [2.05, 4.69) is 20.4 Å². The molecule has 0 fully saturated rings. The van der Waals surface area contributed by atoms with Gasteiger partial charge in [0.1, 0.15) is 10.8 Å². The average Bonchev–Trinajstić information content (AvgIpc) is 3.32. The van der Waals surface area contributed by atoms with Gasteiger partial charge in [0, 0.05) is 0 Å². The van der Waals surface area contributed by atoms with Gasteiger partial charge in [-0.15, -0.1) is 15.3 Å². The number of aromatic nitrogens is 4. The highest BCUT2D eigenvalue weighted by molar-refractivity contribution is 7.16. The average molecular weight is 379 g/mol. The van der Waals surface area contributed by atoms with Crippen molar-refractivity contribution in [3.05, 3.63) is 34.3 Å². The van der Waals surface area contributed by atoms with Crippen LogP contribution in [0.2, 0.25) is 0 Å². The molecule has 130 valence electrons. The van der Waals surface area contributed by atoms with Gasteiger partial charge in [-0.05, 0) is 35.6 Å². The fourth-order valence-corrected chi connectivity index (χ4v) is 3.23. The number of hydrogen-bond donors (Lipinski definition) is 1. The van der Waals surface area contributed by atoms with Crippen molar-refractivity contribution in [1.82, 2.24) is 20.4 Å². The fraction of sp³-hybridized carbons (Fsp3) is 0.214. The lowest BCUT2D eigenvalue weighted by molar-refractivity contribution is 0.0998. The second-order valence-corrected chi connectivity index (χ2v) is 6.53. The summed E-state index contributed by atoms with van der Waals surface area (Å²) in [7, 11) is 3.01. The van der Waals surface area contributed by atoms with Crippen LogP contribution in [-0.2, 0) is 6.61 Å². The largest absolute Gasteiger partial charge is 0.497 e. The molecule has 0 aliphatic rings. The summed E-state index contributed by atoms with van der Waals surface area (Å²) in [6, 6.07) is 6.89. The Morgan fingerprint density at radius 3 is 2.40 bits per heavy atom. The molecule has 0 aliphatic heterocycles. The van der Waals surface area contributed by atoms with E-state index in [9.17, 15) is 9.90 Å². The number of aliphatic hydroxyl groups is 1. The van der Waals surface area contributed by atoms with Crippen molar-refractivity contribution >= 4 is 39.4 Å². The molecule has 11 heteroatoms. The number of amides is 1. The maximum absolute atomic E-state index is 13.0. The van der Waals surface area contributed by atoms with Gasteiger partial charge in [-0.1, -0.05) is 16.4 Å². The first kappa shape index (κ1) is 17.2. The summed E-state index contributed by atoms with van der Waals surface area (Å²) in [6.45, 7) is -0.255. The number of aliphatic hydroxyl groups excluding tert-OH is 1. The lowest BCUT2D eigenvalue weighted by Crippen LogP contribution is -2.25. The van der Waals surface area contributed by atoms with Crippen molar-refractivity contribution < 1.29 is 19.4 Å². The van der Waals surface area contributed by atoms with Crippen LogP contribution in [0.4, 0.5) is 10.8 Å². The number of hydrogen-bond acceptors (Lipinski definition) is 10. The van der Waals surface area contributed by atoms with Crippen molar-refractivity contribution in [2.24, 2.45) is 0 Å². The second-order valence-electron chi connectivity index (χ2n) is 4.55. The van der Waals surface area contributed by atoms with Gasteiger partial charge < -0.3 is 14.6 Å². The fourth-order valence-electron chi connectivity index (χ4n) is 1.92. The lowest BCUT2D eigenvalue weighted by atomic mass is 10.3. The van der Waals surface area contributed by atoms with Crippen LogP contribution in [0.25, 0.3) is 0 Å². The van der Waals surface area contributed by atoms with Crippen molar-refractivity contribution in [3.63, 3.8) is 0 Å². The third-order valence-electron chi connectivity index (χ3n) is 3.08. The zero-order valence-electron chi connectivity index (χ0n) is 13.2. The molecule has 1 aromatic carbocycles. The van der Waals surface area contributed by atoms with E-state index in [1.807, 2.05) is 0 Å². The molecule has 0 spiro atoms. The molecule has 2 aromatic heterocycles. The Hall–Kier alpha value is -2.63. The maximum atomic E-state index is 13.0. The van der Waals surface area contributed by atoms with E-state index in [1.54, 1.807) is 31.4 Å². The van der Waals surface area contributed by atoms with E-state index < -0.39 is 5.91 Å². The molecular weight excluding hydrogens is 366 g/mol. The Labute approximate surface area is 150 Å². The highest BCUT2D eigenvalue weighted by atomic mass is 32.1. The molecule has 0 radical (unpaired) electrons. The molecule has 0 saturated heterocycles. The standard InChI is InChI=1S/C14H13N5O4S2/c1-22-9-5-3-8(4-6-9)19(13-17-15-10(7-20)24-13)12(21)11-16-18-14(23-2)25-11/h3-6,20H,7H2,1-2H3. The van der Waals surface area contributed by atoms with Crippen molar-refractivity contribution in [2.75, 3.05) is 19.1 Å². The number of carbonyl (C=O) groups excluding carboxylic acids is 1. The van der Waals surface area contributed by atoms with E-state index in [0.717, 1.165) is 22.7 Å². The molecule has 2 heterocycles. The Morgan fingerprint density at radius 2 is 1.84 bits per heavy atom. The summed E-state index contributed by atoms with van der Waals surface area (Å²) in [5.41, 5.74) is 0.556. The number of anilines is 2. The molecule has 0 aliphatic carbocycles. The molecule has 3 rings (SSSR count). The van der Waals surface area contributed by atoms with Crippen LogP contribution in [0.5, 0.6) is 10.9 Å². The number of benzene rings is 1. The predicted octanol–water partition coefficient (Wildman–Crippen LogP) is 1.88. The van der Waals surface area contributed by atoms with Crippen LogP contribution in [0.15, 0.2) is 24.3 Å². The van der Waals surface area contributed by atoms with Gasteiger partial charge in [0.15, 0.2) is 0 Å². The minimum absolute atomic E-state index is 0.147. The molecule has 0 bridgehead atoms. The SMILES string of the molecule is COc1ccc(N(C(=O)c2nnc(OC)s2)c2nnc(CO)s2)cc1. The summed E-state index contributed by atoms with van der Waals surface area (Å²) in [6.07, 6.45) is 0. The predicted molar refractivity (Wildman–Crippen MR) is 91.8 cm³/mol. The van der Waals surface area contributed by atoms with E-state index in [-0.39, 0.29) is 16.8 Å². The van der Waals surface area contributed by atoms with Crippen LogP contribution >= 0.6 is 22.7 Å². The van der Waals surface area contributed by atoms with E-state index in [1.165, 1.54) is 12.0 Å². The molecule has 25 heavy (non-hydrogen) atoms. The van der Waals surface area contributed by atoms with Gasteiger partial charge in [-0.3, -0.25) is 4.79 Å². The van der Waals surface area contributed by atoms with E-state index in [4.69, 9.17) is 9.47 Å². The van der Waals surface area contributed by atoms with Gasteiger partial charge >= 0.3 is 0 Å². The van der Waals surface area contributed by atoms with Crippen LogP contribution in [0.3, 0.4) is 0 Å². The first-order valence-corrected chi connectivity index (χ1v) is 8.58. The monoisotopic (exact) mass is 379 g/mol. The van der Waals surface area contributed by atoms with Crippen molar-refractivity contribution in [1.29, 1.82) is 0 Å². The Balaban J connectivity index is 2.02. The molecule has 0 saturated carbocycles. The van der Waals surface area contributed by atoms with Crippen LogP contribution < -0.4 is 14.4 Å². The highest BCUT2D eigenvalue weighted by Gasteiger charge is 2.27. The smallest absolute Gasteiger partial charge is 0.295 e. The third-order valence-corrected chi connectivity index (χ3v) is 4.85. The first-order valence-electron chi connectivity index (χ1n) is 6.95. The van der Waals surface area contributed by atoms with Gasteiger partial charge in [0.25, 0.3) is 11.1 Å². The number of nitrogens with zero attached hydrogens (tertiary/aromatic N) is 5. The molecular formula is C14H13N5O4S2. The van der Waals surface area contributed by atoms with Gasteiger partial charge in [-0.25, -0.2) is 4.90 Å². The molecule has 9 nitrogen and oxygen atoms in total. The Kier molecular flexibility index (Phi) is 5.16. The van der Waals surface area contributed by atoms with Crippen LogP contribution in [-0.4, -0.2) is 45.6 Å². The number of rotatable bonds is 6. The number of methoxy groups -OCH3 is 2. The van der Waals surface area contributed by atoms with Crippen molar-refractivity contribution in [3.8, 4) is 10.9 Å². The number of carbonyl (C=O) groups is 1. The summed E-state index contributed by atoms with van der Waals surface area (Å²) in [5.74, 6) is 0.230. The normalized spacial score (nSPS) is 10.5. The summed E-state index contributed by atoms with van der Waals surface area (Å²) < 4.78 is 10.1. The molecule has 0 atom stereocenters. The van der Waals surface area contributed by atoms with E-state index >= 15 is 0 Å². The summed E-state index contributed by atoms with van der Waals surface area (Å²) >= 11 is 2.13. The third kappa shape index (κ3) is 3.57. The maximum Gasteiger partial charge on any atom is 0.295 e. The van der Waals surface area contributed by atoms with Gasteiger partial charge in [0.05, 0.1) is 26.5 Å². The highest BCUT2D eigenvalue weighted by Crippen LogP contribution is 2.32. The van der Waals surface area contributed by atoms with Gasteiger partial charge in [-0.2, -0.15) is 0 Å². The zero-order chi connectivity index (χ0) is 17.8. The summed E-state index contributed by atoms with van der Waals surface area (Å²) in [4.78, 5) is 14.3. The van der Waals surface area contributed by atoms with Gasteiger partial charge in [0.2, 0.25) is 10.1 Å². The van der Waals surface area contributed by atoms with Crippen LogP contribution in [0, 0.1) is 0 Å². The molecule has 3 aromatic rings.